The van der Waals surface area contributed by atoms with Gasteiger partial charge in [0.2, 0.25) is 5.75 Å². The lowest BCUT2D eigenvalue weighted by Gasteiger charge is -2.19. The molecule has 0 spiro atoms. The molecule has 0 fully saturated rings. The second kappa shape index (κ2) is 9.73. The molecule has 9 heteroatoms. The standard InChI is InChI=1S/C21H27FN4O4/c1-5-10-26-21(27)18(25)17(24)12-6-8-13(22)15(16(12)23)11-7-9-14(28-2)20(30-4)19(11)29-3/h6-9H,5,10,23-25H2,1-4H3,(H,26,27)/b18-17+. The number of carbonyl (C=O) groups excluding carboxylic acids is 1. The largest absolute Gasteiger partial charge is 0.493 e. The summed E-state index contributed by atoms with van der Waals surface area (Å²) in [5.41, 5.74) is 18.6. The molecule has 2 aromatic rings. The number of amides is 1. The van der Waals surface area contributed by atoms with Crippen molar-refractivity contribution in [2.75, 3.05) is 33.6 Å². The second-order valence-corrected chi connectivity index (χ2v) is 6.35. The predicted molar refractivity (Wildman–Crippen MR) is 114 cm³/mol. The number of anilines is 1. The molecule has 0 aliphatic rings. The van der Waals surface area contributed by atoms with Gasteiger partial charge in [-0.05, 0) is 30.7 Å². The third-order valence-corrected chi connectivity index (χ3v) is 4.53. The molecule has 0 saturated heterocycles. The smallest absolute Gasteiger partial charge is 0.269 e. The van der Waals surface area contributed by atoms with Gasteiger partial charge in [-0.15, -0.1) is 0 Å². The molecular weight excluding hydrogens is 391 g/mol. The highest BCUT2D eigenvalue weighted by Gasteiger charge is 2.23. The maximum absolute atomic E-state index is 14.9. The maximum Gasteiger partial charge on any atom is 0.269 e. The van der Waals surface area contributed by atoms with Gasteiger partial charge >= 0.3 is 0 Å². The first kappa shape index (κ1) is 22.7. The van der Waals surface area contributed by atoms with Crippen molar-refractivity contribution in [2.24, 2.45) is 11.5 Å². The monoisotopic (exact) mass is 418 g/mol. The van der Waals surface area contributed by atoms with E-state index in [1.807, 2.05) is 6.92 Å². The van der Waals surface area contributed by atoms with Crippen molar-refractivity contribution in [3.05, 3.63) is 41.3 Å². The molecule has 0 aromatic heterocycles. The molecule has 30 heavy (non-hydrogen) atoms. The normalized spacial score (nSPS) is 11.5. The number of benzene rings is 2. The minimum absolute atomic E-state index is 0.00395. The number of ether oxygens (including phenoxy) is 3. The van der Waals surface area contributed by atoms with Crippen molar-refractivity contribution in [2.45, 2.75) is 13.3 Å². The highest BCUT2D eigenvalue weighted by molar-refractivity contribution is 6.02. The van der Waals surface area contributed by atoms with Crippen molar-refractivity contribution in [3.63, 3.8) is 0 Å². The van der Waals surface area contributed by atoms with E-state index in [0.29, 0.717) is 17.9 Å². The maximum atomic E-state index is 14.9. The van der Waals surface area contributed by atoms with Gasteiger partial charge in [0, 0.05) is 23.2 Å². The Balaban J connectivity index is 2.70. The van der Waals surface area contributed by atoms with Crippen LogP contribution >= 0.6 is 0 Å². The Hall–Kier alpha value is -3.62. The fraction of sp³-hybridized carbons (Fsp3) is 0.286. The summed E-state index contributed by atoms with van der Waals surface area (Å²) in [5, 5.41) is 2.64. The Morgan fingerprint density at radius 3 is 2.27 bits per heavy atom. The van der Waals surface area contributed by atoms with Crippen LogP contribution in [0.5, 0.6) is 17.2 Å². The van der Waals surface area contributed by atoms with Crippen LogP contribution < -0.4 is 36.7 Å². The number of carbonyl (C=O) groups is 1. The SMILES string of the molecule is CCCNC(=O)/C(N)=C(\N)c1ccc(F)c(-c2ccc(OC)c(OC)c2OC)c1N. The summed E-state index contributed by atoms with van der Waals surface area (Å²) in [6.45, 7) is 2.35. The number of nitrogens with two attached hydrogens (primary N) is 3. The molecule has 2 rings (SSSR count). The van der Waals surface area contributed by atoms with E-state index in [-0.39, 0.29) is 39.7 Å². The van der Waals surface area contributed by atoms with E-state index in [1.165, 1.54) is 33.5 Å². The molecule has 0 aliphatic heterocycles. The number of hydrogen-bond donors (Lipinski definition) is 4. The van der Waals surface area contributed by atoms with E-state index in [2.05, 4.69) is 5.32 Å². The first-order chi connectivity index (χ1) is 14.3. The Morgan fingerprint density at radius 2 is 1.70 bits per heavy atom. The van der Waals surface area contributed by atoms with Gasteiger partial charge in [0.05, 0.1) is 32.7 Å². The first-order valence-electron chi connectivity index (χ1n) is 9.23. The summed E-state index contributed by atoms with van der Waals surface area (Å²) >= 11 is 0. The zero-order valence-corrected chi connectivity index (χ0v) is 17.5. The summed E-state index contributed by atoms with van der Waals surface area (Å²) in [7, 11) is 4.34. The van der Waals surface area contributed by atoms with Gasteiger partial charge in [-0.25, -0.2) is 4.39 Å². The number of nitrogen functional groups attached to an aromatic ring is 1. The lowest BCUT2D eigenvalue weighted by Crippen LogP contribution is -2.31. The molecule has 0 bridgehead atoms. The van der Waals surface area contributed by atoms with Crippen molar-refractivity contribution in [3.8, 4) is 28.4 Å². The number of methoxy groups -OCH3 is 3. The Morgan fingerprint density at radius 1 is 1.03 bits per heavy atom. The highest BCUT2D eigenvalue weighted by atomic mass is 19.1. The van der Waals surface area contributed by atoms with Crippen LogP contribution in [0.4, 0.5) is 10.1 Å². The van der Waals surface area contributed by atoms with Crippen molar-refractivity contribution >= 4 is 17.3 Å². The Bertz CT molecular complexity index is 976. The van der Waals surface area contributed by atoms with Crippen LogP contribution in [0.15, 0.2) is 30.0 Å². The van der Waals surface area contributed by atoms with E-state index in [1.54, 1.807) is 12.1 Å². The molecule has 0 atom stereocenters. The van der Waals surface area contributed by atoms with Crippen LogP contribution in [0.1, 0.15) is 18.9 Å². The molecule has 0 unspecified atom stereocenters. The van der Waals surface area contributed by atoms with Crippen LogP contribution in [-0.4, -0.2) is 33.8 Å². The fourth-order valence-corrected chi connectivity index (χ4v) is 3.00. The molecule has 1 amide bonds. The number of rotatable bonds is 8. The quantitative estimate of drug-likeness (QED) is 0.381. The van der Waals surface area contributed by atoms with Gasteiger partial charge in [-0.1, -0.05) is 6.92 Å². The van der Waals surface area contributed by atoms with E-state index in [4.69, 9.17) is 31.4 Å². The minimum atomic E-state index is -0.608. The van der Waals surface area contributed by atoms with E-state index >= 15 is 0 Å². The van der Waals surface area contributed by atoms with Crippen molar-refractivity contribution < 1.29 is 23.4 Å². The van der Waals surface area contributed by atoms with E-state index in [9.17, 15) is 9.18 Å². The van der Waals surface area contributed by atoms with Gasteiger partial charge in [-0.2, -0.15) is 0 Å². The first-order valence-corrected chi connectivity index (χ1v) is 9.23. The lowest BCUT2D eigenvalue weighted by atomic mass is 9.96. The molecule has 0 radical (unpaired) electrons. The van der Waals surface area contributed by atoms with Crippen molar-refractivity contribution in [1.29, 1.82) is 0 Å². The fourth-order valence-electron chi connectivity index (χ4n) is 3.00. The number of hydrogen-bond acceptors (Lipinski definition) is 7. The third-order valence-electron chi connectivity index (χ3n) is 4.53. The molecule has 0 saturated carbocycles. The summed E-state index contributed by atoms with van der Waals surface area (Å²) in [4.78, 5) is 12.2. The zero-order valence-electron chi connectivity index (χ0n) is 17.5. The topological polar surface area (TPSA) is 135 Å². The number of halogens is 1. The van der Waals surface area contributed by atoms with Crippen LogP contribution in [0.25, 0.3) is 16.8 Å². The lowest BCUT2D eigenvalue weighted by molar-refractivity contribution is -0.117. The van der Waals surface area contributed by atoms with Crippen LogP contribution in [0.3, 0.4) is 0 Å². The van der Waals surface area contributed by atoms with Gasteiger partial charge in [0.25, 0.3) is 5.91 Å². The van der Waals surface area contributed by atoms with Gasteiger partial charge in [-0.3, -0.25) is 4.79 Å². The van der Waals surface area contributed by atoms with E-state index in [0.717, 1.165) is 6.42 Å². The minimum Gasteiger partial charge on any atom is -0.493 e. The second-order valence-electron chi connectivity index (χ2n) is 6.35. The summed E-state index contributed by atoms with van der Waals surface area (Å²) in [6.07, 6.45) is 0.737. The molecule has 8 nitrogen and oxygen atoms in total. The molecule has 0 heterocycles. The molecule has 2 aromatic carbocycles. The summed E-state index contributed by atoms with van der Waals surface area (Å²) < 4.78 is 30.9. The summed E-state index contributed by atoms with van der Waals surface area (Å²) in [6, 6.07) is 5.77. The molecule has 162 valence electrons. The Kier molecular flexibility index (Phi) is 7.35. The van der Waals surface area contributed by atoms with Gasteiger partial charge in [0.15, 0.2) is 11.5 Å². The van der Waals surface area contributed by atoms with Gasteiger partial charge < -0.3 is 36.7 Å². The van der Waals surface area contributed by atoms with Gasteiger partial charge in [0.1, 0.15) is 11.5 Å². The molecule has 7 N–H and O–H groups in total. The molecule has 0 aliphatic carbocycles. The summed E-state index contributed by atoms with van der Waals surface area (Å²) in [5.74, 6) is -0.212. The average Bonchev–Trinajstić information content (AvgIpc) is 2.75. The van der Waals surface area contributed by atoms with Crippen molar-refractivity contribution in [1.82, 2.24) is 5.32 Å². The Labute approximate surface area is 174 Å². The third kappa shape index (κ3) is 4.19. The van der Waals surface area contributed by atoms with Crippen LogP contribution in [0.2, 0.25) is 0 Å². The zero-order chi connectivity index (χ0) is 22.4. The number of nitrogens with one attached hydrogen (secondary N) is 1. The predicted octanol–water partition coefficient (Wildman–Crippen LogP) is 2.21. The van der Waals surface area contributed by atoms with Crippen LogP contribution in [0, 0.1) is 5.82 Å². The average molecular weight is 418 g/mol. The van der Waals surface area contributed by atoms with Crippen LogP contribution in [-0.2, 0) is 4.79 Å². The van der Waals surface area contributed by atoms with E-state index < -0.39 is 11.7 Å². The highest BCUT2D eigenvalue weighted by Crippen LogP contribution is 2.47. The molecular formula is C21H27FN4O4.